The molecule has 9 N–H and O–H groups in total. The van der Waals surface area contributed by atoms with Gasteiger partial charge < -0.3 is 76.1 Å². The fourth-order valence-corrected chi connectivity index (χ4v) is 22.0. The minimum absolute atomic E-state index is 0.0132. The lowest BCUT2D eigenvalue weighted by atomic mass is 9.79. The topological polar surface area (TPSA) is 447 Å². The number of carbonyl (C=O) groups is 6. The highest BCUT2D eigenvalue weighted by Crippen LogP contribution is 2.39. The van der Waals surface area contributed by atoms with E-state index in [0.29, 0.717) is 129 Å². The number of rotatable bonds is 27. The van der Waals surface area contributed by atoms with E-state index in [-0.39, 0.29) is 61.7 Å². The van der Waals surface area contributed by atoms with Gasteiger partial charge in [0, 0.05) is 188 Å². The molecule has 6 aromatic carbocycles. The number of nitrogens with zero attached hydrogens (tertiary/aromatic N) is 7. The third kappa shape index (κ3) is 37.2. The summed E-state index contributed by atoms with van der Waals surface area (Å²) in [6.45, 7) is 46.7. The van der Waals surface area contributed by atoms with E-state index in [1.165, 1.54) is 25.0 Å². The Morgan fingerprint density at radius 1 is 0.441 bits per heavy atom. The number of ether oxygens (including phenoxy) is 4. The van der Waals surface area contributed by atoms with Gasteiger partial charge in [0.2, 0.25) is 41.9 Å². The first-order chi connectivity index (χ1) is 66.5. The molecule has 7 aliphatic rings. The Kier molecular flexibility index (Phi) is 43.1. The van der Waals surface area contributed by atoms with Gasteiger partial charge in [0.15, 0.2) is 0 Å². The van der Waals surface area contributed by atoms with Gasteiger partial charge in [0.25, 0.3) is 9.05 Å². The fraction of sp³-hybridized carbons (Fsp3) is 0.520. The maximum Gasteiger partial charge on any atom is 0.494 e. The second-order valence-electron chi connectivity index (χ2n) is 40.6. The van der Waals surface area contributed by atoms with E-state index < -0.39 is 98.1 Å². The molecule has 0 unspecified atom stereocenters. The predicted octanol–water partition coefficient (Wildman–Crippen LogP) is 16.6. The number of hydrogen-bond donors (Lipinski definition) is 7. The fourth-order valence-electron chi connectivity index (χ4n) is 14.9. The number of halogens is 4. The Morgan fingerprint density at radius 2 is 0.755 bits per heavy atom. The van der Waals surface area contributed by atoms with Crippen LogP contribution >= 0.6 is 58.5 Å². The molecule has 0 bridgehead atoms. The van der Waals surface area contributed by atoms with Crippen molar-refractivity contribution in [3.05, 3.63) is 169 Å². The molecular weight excluding hydrogens is 2130 g/mol. The highest BCUT2D eigenvalue weighted by Gasteiger charge is 2.52. The van der Waals surface area contributed by atoms with Crippen molar-refractivity contribution in [3.63, 3.8) is 0 Å². The molecule has 5 saturated heterocycles. The number of benzene rings is 6. The van der Waals surface area contributed by atoms with Gasteiger partial charge in [-0.3, -0.25) is 9.59 Å². The third-order valence-corrected chi connectivity index (χ3v) is 31.1. The SMILES string of the molecule is CC(C)(C)OC(=O)NCC1CN(S(=O)(=O)c2cccc(B3OC(C)(C)C(C)(C)O3)c2)C1.CC(C)(C)OC(=O)NCC1CN(S(=O)(=O)c2cccc(Br)c2)C1.CC(C)(C)OC(=O)NCC1CNC1.CCCN(CCC)C(=O)C1=Cc2ccc(-c3cccc(S(=O)(=O)N4CC(CNC(=O)OC(C)(C)C)C4)c3)cc2N=C(N)C1.CCCN(CCC)C(=O)C1=Cc2ccc(Br)cc2N=C(N)C1.O=S(=O)(Cl)c1cccc(Br)c1. The molecule has 43 heteroatoms. The molecule has 6 amide bonds. The smallest absolute Gasteiger partial charge is 0.444 e. The van der Waals surface area contributed by atoms with Crippen molar-refractivity contribution in [1.82, 2.24) is 49.3 Å². The minimum Gasteiger partial charge on any atom is -0.444 e. The summed E-state index contributed by atoms with van der Waals surface area (Å²) in [6, 6.07) is 37.9. The number of nitrogens with one attached hydrogen (secondary N) is 5. The number of nitrogens with two attached hydrogens (primary N) is 2. The average molecular weight is 2270 g/mol. The Hall–Kier alpha value is -8.89. The summed E-state index contributed by atoms with van der Waals surface area (Å²) >= 11 is 9.85. The van der Waals surface area contributed by atoms with Crippen molar-refractivity contribution >= 4 is 182 Å². The average Bonchev–Trinajstić information content (AvgIpc) is 1.74. The van der Waals surface area contributed by atoms with Crippen molar-refractivity contribution in [3.8, 4) is 11.1 Å². The number of carbonyl (C=O) groups excluding carboxylic acids is 6. The largest absolute Gasteiger partial charge is 0.494 e. The quantitative estimate of drug-likeness (QED) is 0.0143. The molecule has 34 nitrogen and oxygen atoms in total. The summed E-state index contributed by atoms with van der Waals surface area (Å²) in [5.41, 5.74) is 15.8. The summed E-state index contributed by atoms with van der Waals surface area (Å²) in [6.07, 6.45) is 6.30. The van der Waals surface area contributed by atoms with Gasteiger partial charge in [0.1, 0.15) is 34.1 Å². The van der Waals surface area contributed by atoms with E-state index in [9.17, 15) is 62.4 Å². The highest BCUT2D eigenvalue weighted by atomic mass is 79.9. The van der Waals surface area contributed by atoms with Gasteiger partial charge in [-0.2, -0.15) is 12.9 Å². The lowest BCUT2D eigenvalue weighted by Gasteiger charge is -2.38. The monoisotopic (exact) mass is 2270 g/mol. The molecule has 13 rings (SSSR count). The first-order valence-electron chi connectivity index (χ1n) is 47.7. The van der Waals surface area contributed by atoms with Crippen LogP contribution in [0, 0.1) is 23.7 Å². The number of fused-ring (bicyclic) bond motifs is 2. The number of sulfonamides is 3. The van der Waals surface area contributed by atoms with Gasteiger partial charge in [-0.05, 0) is 244 Å². The first-order valence-corrected chi connectivity index (χ1v) is 56.7. The standard InChI is InChI=1S/C32H43N5O5S.C21H33BN2O6S.C17H22BrN3O.C15H21BrN2O4S.C9H18N2O2.C6H4BrClO2S/c1-6-13-36(14-7-2)30(38)26-15-25-12-11-24(17-28(25)35-29(33)18-26)23-9-8-10-27(16-23)43(40,41)37-20-22(21-37)19-34-31(39)42-32(3,4)5;1-19(2,3)28-18(25)23-12-15-13-24(14-15)31(26,27)17-10-8-9-16(11-17)22-29-20(4,5)21(6,7)30-22;1-3-7-21(8-4-2)17(22)13-9-12-5-6-14(18)11-15(12)20-16(19)10-13;1-15(2,3)22-14(19)17-8-11-9-18(10-11)23(20,21)13-6-4-5-12(16)7-13;1-9(2,3)13-8(12)11-6-7-4-10-5-7;7-5-2-1-3-6(4-5)11(8,9)10/h8-12,15-17,22H,6-7,13-14,18-21H2,1-5H3,(H2,33,35)(H,34,39);8-11,15H,12-14H2,1-7H3,(H,23,25);5-6,9,11H,3-4,7-8,10H2,1-2H3,(H2,19,20);4-7,11H,8-10H2,1-3H3,(H,17,19);7,10H,4-6H2,1-3H3,(H,11,12);1-4H. The van der Waals surface area contributed by atoms with Crippen molar-refractivity contribution < 1.29 is 90.7 Å². The van der Waals surface area contributed by atoms with E-state index >= 15 is 0 Å². The van der Waals surface area contributed by atoms with E-state index in [2.05, 4.69) is 112 Å². The van der Waals surface area contributed by atoms with Gasteiger partial charge in [-0.15, -0.1) is 0 Å². The van der Waals surface area contributed by atoms with Crippen molar-refractivity contribution in [1.29, 1.82) is 0 Å². The van der Waals surface area contributed by atoms with Crippen LogP contribution in [0.3, 0.4) is 0 Å². The maximum absolute atomic E-state index is 13.4. The van der Waals surface area contributed by atoms with E-state index in [1.807, 2.05) is 119 Å². The molecule has 0 atom stereocenters. The molecule has 5 fully saturated rings. The summed E-state index contributed by atoms with van der Waals surface area (Å²) in [4.78, 5) is 86.1. The van der Waals surface area contributed by atoms with Gasteiger partial charge in [-0.1, -0.05) is 130 Å². The molecule has 6 aromatic rings. The minimum atomic E-state index is -3.71. The van der Waals surface area contributed by atoms with Crippen molar-refractivity contribution in [2.45, 2.75) is 230 Å². The van der Waals surface area contributed by atoms with E-state index in [0.717, 1.165) is 88.7 Å². The molecule has 7 aliphatic heterocycles. The number of amidine groups is 2. The first kappa shape index (κ1) is 119. The number of amides is 6. The molecular formula is C100H141BBr3ClN14O20S4. The third-order valence-electron chi connectivity index (χ3n) is 22.8. The van der Waals surface area contributed by atoms with E-state index in [4.69, 9.17) is 50.4 Å². The molecule has 0 radical (unpaired) electrons. The Bertz CT molecular complexity index is 6040. The van der Waals surface area contributed by atoms with Crippen molar-refractivity contribution in [2.75, 3.05) is 105 Å². The normalized spacial score (nSPS) is 16.7. The van der Waals surface area contributed by atoms with Gasteiger partial charge in [-0.25, -0.2) is 62.8 Å². The van der Waals surface area contributed by atoms with Crippen LogP contribution in [0.5, 0.6) is 0 Å². The number of aliphatic imine (C=N–C) groups is 2. The number of hydrogen-bond acceptors (Lipinski definition) is 25. The van der Waals surface area contributed by atoms with Gasteiger partial charge in [0.05, 0.1) is 42.2 Å². The molecule has 7 heterocycles. The Labute approximate surface area is 875 Å². The zero-order valence-electron chi connectivity index (χ0n) is 85.4. The molecule has 0 saturated carbocycles. The Balaban J connectivity index is 0.000000221. The van der Waals surface area contributed by atoms with E-state index in [1.54, 1.807) is 135 Å². The zero-order chi connectivity index (χ0) is 106. The number of alkyl carbamates (subject to hydrolysis) is 4. The second-order valence-corrected chi connectivity index (χ2v) is 51.7. The zero-order valence-corrected chi connectivity index (χ0v) is 94.2. The van der Waals surface area contributed by atoms with Crippen LogP contribution in [0.2, 0.25) is 0 Å². The lowest BCUT2D eigenvalue weighted by Crippen LogP contribution is -2.54. The maximum atomic E-state index is 13.4. The summed E-state index contributed by atoms with van der Waals surface area (Å²) < 4.78 is 139. The molecule has 786 valence electrons. The van der Waals surface area contributed by atoms with Crippen LogP contribution < -0.4 is 43.5 Å². The summed E-state index contributed by atoms with van der Waals surface area (Å²) in [7, 11) is -9.93. The molecule has 0 aromatic heterocycles. The highest BCUT2D eigenvalue weighted by molar-refractivity contribution is 9.11. The summed E-state index contributed by atoms with van der Waals surface area (Å²) in [5, 5.41) is 14.0. The van der Waals surface area contributed by atoms with Crippen LogP contribution in [0.4, 0.5) is 30.6 Å². The van der Waals surface area contributed by atoms with Crippen LogP contribution in [0.1, 0.15) is 188 Å². The van der Waals surface area contributed by atoms with Crippen LogP contribution in [0.25, 0.3) is 23.3 Å². The van der Waals surface area contributed by atoms with Crippen molar-refractivity contribution in [2.24, 2.45) is 45.1 Å². The molecule has 0 aliphatic carbocycles. The van der Waals surface area contributed by atoms with Crippen LogP contribution in [0.15, 0.2) is 188 Å². The predicted molar refractivity (Wildman–Crippen MR) is 572 cm³/mol. The molecule has 143 heavy (non-hydrogen) atoms. The summed E-state index contributed by atoms with van der Waals surface area (Å²) in [5.74, 6) is 1.62. The van der Waals surface area contributed by atoms with Crippen LogP contribution in [-0.2, 0) is 77.0 Å². The molecule has 0 spiro atoms. The Morgan fingerprint density at radius 3 is 1.10 bits per heavy atom. The van der Waals surface area contributed by atoms with Gasteiger partial charge >= 0.3 is 31.5 Å². The lowest BCUT2D eigenvalue weighted by molar-refractivity contribution is -0.128. The second kappa shape index (κ2) is 51.6. The van der Waals surface area contributed by atoms with Crippen LogP contribution in [-0.4, -0.2) is 250 Å².